The Morgan fingerprint density at radius 3 is 2.91 bits per heavy atom. The number of aromatic nitrogens is 1. The molecule has 23 heavy (non-hydrogen) atoms. The van der Waals surface area contributed by atoms with E-state index in [2.05, 4.69) is 56.1 Å². The molecule has 1 amide bonds. The average molecular weight is 376 g/mol. The summed E-state index contributed by atoms with van der Waals surface area (Å²) in [5, 5.41) is 3.01. The SMILES string of the molecule is Cc1ccc(NC(=O)CN2CCCC2c2cccn2C)c(Br)c1. The number of likely N-dealkylation sites (tertiary alicyclic amines) is 1. The van der Waals surface area contributed by atoms with Crippen LogP contribution in [0.5, 0.6) is 0 Å². The quantitative estimate of drug-likeness (QED) is 0.880. The lowest BCUT2D eigenvalue weighted by atomic mass is 10.1. The van der Waals surface area contributed by atoms with Crippen molar-refractivity contribution in [2.75, 3.05) is 18.4 Å². The van der Waals surface area contributed by atoms with Crippen LogP contribution in [0.15, 0.2) is 41.0 Å². The molecule has 1 N–H and O–H groups in total. The minimum Gasteiger partial charge on any atom is -0.353 e. The van der Waals surface area contributed by atoms with Crippen LogP contribution in [0.1, 0.15) is 30.1 Å². The largest absolute Gasteiger partial charge is 0.353 e. The van der Waals surface area contributed by atoms with Crippen molar-refractivity contribution in [3.63, 3.8) is 0 Å². The summed E-state index contributed by atoms with van der Waals surface area (Å²) in [6.07, 6.45) is 4.31. The maximum Gasteiger partial charge on any atom is 0.238 e. The topological polar surface area (TPSA) is 37.3 Å². The maximum absolute atomic E-state index is 12.4. The van der Waals surface area contributed by atoms with E-state index in [9.17, 15) is 4.79 Å². The summed E-state index contributed by atoms with van der Waals surface area (Å²) in [5.41, 5.74) is 3.28. The summed E-state index contributed by atoms with van der Waals surface area (Å²) in [6.45, 7) is 3.43. The summed E-state index contributed by atoms with van der Waals surface area (Å²) in [6, 6.07) is 10.5. The standard InChI is InChI=1S/C18H22BrN3O/c1-13-7-8-15(14(19)11-13)20-18(23)12-22-10-4-6-17(22)16-5-3-9-21(16)2/h3,5,7-9,11,17H,4,6,10,12H2,1-2H3,(H,20,23). The van der Waals surface area contributed by atoms with E-state index in [0.717, 1.165) is 35.1 Å². The van der Waals surface area contributed by atoms with Gasteiger partial charge in [-0.1, -0.05) is 6.07 Å². The van der Waals surface area contributed by atoms with Crippen molar-refractivity contribution in [3.8, 4) is 0 Å². The molecule has 1 aromatic carbocycles. The summed E-state index contributed by atoms with van der Waals surface area (Å²) in [4.78, 5) is 14.7. The molecule has 5 heteroatoms. The highest BCUT2D eigenvalue weighted by Crippen LogP contribution is 2.31. The van der Waals surface area contributed by atoms with Crippen molar-refractivity contribution in [2.24, 2.45) is 7.05 Å². The van der Waals surface area contributed by atoms with Gasteiger partial charge in [-0.15, -0.1) is 0 Å². The Morgan fingerprint density at radius 1 is 1.39 bits per heavy atom. The van der Waals surface area contributed by atoms with Crippen LogP contribution in [0.25, 0.3) is 0 Å². The zero-order valence-electron chi connectivity index (χ0n) is 13.6. The van der Waals surface area contributed by atoms with E-state index >= 15 is 0 Å². The van der Waals surface area contributed by atoms with Gasteiger partial charge in [0.1, 0.15) is 0 Å². The molecule has 0 aliphatic carbocycles. The molecule has 1 unspecified atom stereocenters. The minimum atomic E-state index is 0.0377. The first-order valence-corrected chi connectivity index (χ1v) is 8.75. The molecular weight excluding hydrogens is 354 g/mol. The Kier molecular flexibility index (Phi) is 4.87. The summed E-state index contributed by atoms with van der Waals surface area (Å²) >= 11 is 3.51. The van der Waals surface area contributed by atoms with Gasteiger partial charge in [-0.3, -0.25) is 9.69 Å². The third-order valence-corrected chi connectivity index (χ3v) is 5.09. The van der Waals surface area contributed by atoms with E-state index in [0.29, 0.717) is 12.6 Å². The van der Waals surface area contributed by atoms with Crippen LogP contribution < -0.4 is 5.32 Å². The van der Waals surface area contributed by atoms with Crippen molar-refractivity contribution >= 4 is 27.5 Å². The van der Waals surface area contributed by atoms with Crippen LogP contribution in [0, 0.1) is 6.92 Å². The Hall–Kier alpha value is -1.59. The van der Waals surface area contributed by atoms with Gasteiger partial charge in [-0.05, 0) is 72.1 Å². The number of aryl methyl sites for hydroxylation is 2. The van der Waals surface area contributed by atoms with Gasteiger partial charge < -0.3 is 9.88 Å². The van der Waals surface area contributed by atoms with E-state index in [4.69, 9.17) is 0 Å². The first-order valence-electron chi connectivity index (χ1n) is 7.96. The van der Waals surface area contributed by atoms with E-state index in [1.54, 1.807) is 0 Å². The fourth-order valence-electron chi connectivity index (χ4n) is 3.27. The lowest BCUT2D eigenvalue weighted by Gasteiger charge is -2.24. The van der Waals surface area contributed by atoms with Crippen LogP contribution >= 0.6 is 15.9 Å². The molecule has 0 bridgehead atoms. The predicted molar refractivity (Wildman–Crippen MR) is 96.5 cm³/mol. The molecule has 1 fully saturated rings. The number of halogens is 1. The zero-order chi connectivity index (χ0) is 16.4. The number of carbonyl (C=O) groups excluding carboxylic acids is 1. The third-order valence-electron chi connectivity index (χ3n) is 4.43. The van der Waals surface area contributed by atoms with Gasteiger partial charge in [-0.2, -0.15) is 0 Å². The Bertz CT molecular complexity index is 710. The maximum atomic E-state index is 12.4. The molecule has 1 saturated heterocycles. The number of carbonyl (C=O) groups is 1. The van der Waals surface area contributed by atoms with Crippen molar-refractivity contribution < 1.29 is 4.79 Å². The van der Waals surface area contributed by atoms with Crippen LogP contribution in [0.4, 0.5) is 5.69 Å². The number of nitrogens with one attached hydrogen (secondary N) is 1. The average Bonchev–Trinajstić information content (AvgIpc) is 3.10. The van der Waals surface area contributed by atoms with Gasteiger partial charge in [-0.25, -0.2) is 0 Å². The molecule has 1 atom stereocenters. The molecule has 122 valence electrons. The lowest BCUT2D eigenvalue weighted by molar-refractivity contribution is -0.117. The van der Waals surface area contributed by atoms with Crippen molar-refractivity contribution in [3.05, 3.63) is 52.3 Å². The van der Waals surface area contributed by atoms with Gasteiger partial charge in [0.05, 0.1) is 18.3 Å². The summed E-state index contributed by atoms with van der Waals surface area (Å²) in [5.74, 6) is 0.0377. The van der Waals surface area contributed by atoms with Crippen molar-refractivity contribution in [2.45, 2.75) is 25.8 Å². The van der Waals surface area contributed by atoms with E-state index < -0.39 is 0 Å². The smallest absolute Gasteiger partial charge is 0.238 e. The molecule has 1 aliphatic heterocycles. The number of hydrogen-bond acceptors (Lipinski definition) is 2. The van der Waals surface area contributed by atoms with E-state index in [-0.39, 0.29) is 5.91 Å². The summed E-state index contributed by atoms with van der Waals surface area (Å²) in [7, 11) is 2.06. The van der Waals surface area contributed by atoms with Crippen LogP contribution in [-0.2, 0) is 11.8 Å². The van der Waals surface area contributed by atoms with Crippen LogP contribution in [0.3, 0.4) is 0 Å². The Labute approximate surface area is 145 Å². The fraction of sp³-hybridized carbons (Fsp3) is 0.389. The Morgan fingerprint density at radius 2 is 2.22 bits per heavy atom. The van der Waals surface area contributed by atoms with Crippen molar-refractivity contribution in [1.29, 1.82) is 0 Å². The first kappa shape index (κ1) is 16.3. The highest BCUT2D eigenvalue weighted by molar-refractivity contribution is 9.10. The molecule has 2 heterocycles. The molecular formula is C18H22BrN3O. The number of anilines is 1. The predicted octanol–water partition coefficient (Wildman–Crippen LogP) is 3.87. The monoisotopic (exact) mass is 375 g/mol. The zero-order valence-corrected chi connectivity index (χ0v) is 15.1. The van der Waals surface area contributed by atoms with Crippen molar-refractivity contribution in [1.82, 2.24) is 9.47 Å². The van der Waals surface area contributed by atoms with Gasteiger partial charge >= 0.3 is 0 Å². The first-order chi connectivity index (χ1) is 11.0. The second-order valence-corrected chi connectivity index (χ2v) is 7.06. The van der Waals surface area contributed by atoms with Crippen LogP contribution in [-0.4, -0.2) is 28.5 Å². The van der Waals surface area contributed by atoms with Gasteiger partial charge in [0, 0.05) is 23.4 Å². The molecule has 3 rings (SSSR count). The highest BCUT2D eigenvalue weighted by atomic mass is 79.9. The number of hydrogen-bond donors (Lipinski definition) is 1. The third kappa shape index (κ3) is 3.67. The number of nitrogens with zero attached hydrogens (tertiary/aromatic N) is 2. The van der Waals surface area contributed by atoms with E-state index in [1.807, 2.05) is 25.1 Å². The number of benzene rings is 1. The number of amides is 1. The second-order valence-electron chi connectivity index (χ2n) is 6.20. The Balaban J connectivity index is 1.66. The van der Waals surface area contributed by atoms with Crippen LogP contribution in [0.2, 0.25) is 0 Å². The fourth-order valence-corrected chi connectivity index (χ4v) is 3.86. The van der Waals surface area contributed by atoms with E-state index in [1.165, 1.54) is 5.69 Å². The van der Waals surface area contributed by atoms with Gasteiger partial charge in [0.25, 0.3) is 0 Å². The molecule has 2 aromatic rings. The molecule has 0 radical (unpaired) electrons. The second kappa shape index (κ2) is 6.89. The molecule has 1 aromatic heterocycles. The molecule has 1 aliphatic rings. The normalized spacial score (nSPS) is 18.3. The number of rotatable bonds is 4. The lowest BCUT2D eigenvalue weighted by Crippen LogP contribution is -2.33. The summed E-state index contributed by atoms with van der Waals surface area (Å²) < 4.78 is 3.07. The highest BCUT2D eigenvalue weighted by Gasteiger charge is 2.29. The minimum absolute atomic E-state index is 0.0377. The molecule has 4 nitrogen and oxygen atoms in total. The molecule has 0 saturated carbocycles. The molecule has 0 spiro atoms. The van der Waals surface area contributed by atoms with Gasteiger partial charge in [0.15, 0.2) is 0 Å². The van der Waals surface area contributed by atoms with Gasteiger partial charge in [0.2, 0.25) is 5.91 Å².